The maximum atomic E-state index is 9.00. The molecule has 0 amide bonds. The molecule has 0 aliphatic carbocycles. The van der Waals surface area contributed by atoms with Crippen LogP contribution in [0.1, 0.15) is 0 Å². The van der Waals surface area contributed by atoms with Crippen molar-refractivity contribution < 1.29 is 10.0 Å². The maximum Gasteiger partial charge on any atom is 0.488 e. The molecule has 0 unspecified atom stereocenters. The lowest BCUT2D eigenvalue weighted by Gasteiger charge is -2.02. The molecule has 0 aliphatic rings. The first kappa shape index (κ1) is 9.71. The molecule has 0 saturated heterocycles. The molecular weight excluding hydrogens is 243 g/mol. The second-order valence-corrected chi connectivity index (χ2v) is 4.04. The van der Waals surface area contributed by atoms with E-state index in [9.17, 15) is 0 Å². The van der Waals surface area contributed by atoms with Gasteiger partial charge in [-0.3, -0.25) is 0 Å². The predicted octanol–water partition coefficient (Wildman–Crippen LogP) is 1.28. The summed E-state index contributed by atoms with van der Waals surface area (Å²) in [7, 11) is -1.40. The second-order valence-electron chi connectivity index (χ2n) is 3.12. The molecule has 0 aliphatic heterocycles. The molecule has 70 valence electrons. The monoisotopic (exact) mass is 250 g/mol. The molecule has 0 atom stereocenters. The van der Waals surface area contributed by atoms with E-state index in [1.165, 1.54) is 0 Å². The zero-order valence-electron chi connectivity index (χ0n) is 7.31. The van der Waals surface area contributed by atoms with E-state index in [2.05, 4.69) is 15.9 Å². The Morgan fingerprint density at radius 2 is 1.64 bits per heavy atom. The summed E-state index contributed by atoms with van der Waals surface area (Å²) in [5.74, 6) is 0. The fourth-order valence-corrected chi connectivity index (χ4v) is 1.78. The highest BCUT2D eigenvalue weighted by molar-refractivity contribution is 9.10. The lowest BCUT2D eigenvalue weighted by Crippen LogP contribution is -2.29. The van der Waals surface area contributed by atoms with E-state index in [0.717, 1.165) is 15.2 Å². The predicted molar refractivity (Wildman–Crippen MR) is 61.5 cm³/mol. The fourth-order valence-electron chi connectivity index (χ4n) is 1.40. The third-order valence-electron chi connectivity index (χ3n) is 2.12. The fraction of sp³-hybridized carbons (Fsp3) is 0. The number of hydrogen-bond acceptors (Lipinski definition) is 2. The van der Waals surface area contributed by atoms with Crippen LogP contribution in [0.15, 0.2) is 40.9 Å². The third kappa shape index (κ3) is 1.82. The van der Waals surface area contributed by atoms with Crippen molar-refractivity contribution in [2.45, 2.75) is 0 Å². The lowest BCUT2D eigenvalue weighted by atomic mass is 9.79. The zero-order chi connectivity index (χ0) is 10.1. The average Bonchev–Trinajstić information content (AvgIpc) is 2.16. The summed E-state index contributed by atoms with van der Waals surface area (Å²) in [5.41, 5.74) is 0.510. The molecule has 2 aromatic rings. The Balaban J connectivity index is 2.63. The number of rotatable bonds is 1. The summed E-state index contributed by atoms with van der Waals surface area (Å²) in [6.07, 6.45) is 0. The molecule has 2 N–H and O–H groups in total. The molecule has 2 rings (SSSR count). The van der Waals surface area contributed by atoms with Crippen molar-refractivity contribution in [2.75, 3.05) is 0 Å². The van der Waals surface area contributed by atoms with Gasteiger partial charge in [0.1, 0.15) is 0 Å². The van der Waals surface area contributed by atoms with Crippen molar-refractivity contribution in [1.29, 1.82) is 0 Å². The second kappa shape index (κ2) is 3.73. The quantitative estimate of drug-likeness (QED) is 0.749. The van der Waals surface area contributed by atoms with E-state index in [1.807, 2.05) is 24.3 Å². The van der Waals surface area contributed by atoms with Gasteiger partial charge in [-0.25, -0.2) is 0 Å². The van der Waals surface area contributed by atoms with Crippen LogP contribution >= 0.6 is 15.9 Å². The highest BCUT2D eigenvalue weighted by Crippen LogP contribution is 2.18. The molecule has 14 heavy (non-hydrogen) atoms. The molecule has 2 aromatic carbocycles. The summed E-state index contributed by atoms with van der Waals surface area (Å²) in [5, 5.41) is 20.1. The van der Waals surface area contributed by atoms with Crippen LogP contribution in [0.3, 0.4) is 0 Å². The van der Waals surface area contributed by atoms with Gasteiger partial charge in [-0.2, -0.15) is 0 Å². The van der Waals surface area contributed by atoms with Gasteiger partial charge in [-0.15, -0.1) is 0 Å². The largest absolute Gasteiger partial charge is 0.488 e. The number of hydrogen-bond donors (Lipinski definition) is 2. The normalized spacial score (nSPS) is 10.5. The molecule has 0 radical (unpaired) electrons. The SMILES string of the molecule is OB(O)c1ccc2ccc(Br)cc2c1. The van der Waals surface area contributed by atoms with Gasteiger partial charge in [0.05, 0.1) is 0 Å². The standard InChI is InChI=1S/C10H8BBrO2/c12-10-4-2-7-1-3-9(11(13)14)5-8(7)6-10/h1-6,13-14H. The number of benzene rings is 2. The van der Waals surface area contributed by atoms with Gasteiger partial charge in [0, 0.05) is 4.47 Å². The first-order valence-electron chi connectivity index (χ1n) is 4.22. The van der Waals surface area contributed by atoms with Crippen LogP contribution in [0.25, 0.3) is 10.8 Å². The van der Waals surface area contributed by atoms with Crippen LogP contribution in [0.2, 0.25) is 0 Å². The molecule has 0 spiro atoms. The van der Waals surface area contributed by atoms with Gasteiger partial charge in [-0.05, 0) is 28.4 Å². The maximum absolute atomic E-state index is 9.00. The van der Waals surface area contributed by atoms with Crippen molar-refractivity contribution in [3.63, 3.8) is 0 Å². The van der Waals surface area contributed by atoms with Gasteiger partial charge < -0.3 is 10.0 Å². The van der Waals surface area contributed by atoms with Gasteiger partial charge in [0.2, 0.25) is 0 Å². The Morgan fingerprint density at radius 1 is 0.929 bits per heavy atom. The van der Waals surface area contributed by atoms with Crippen LogP contribution in [-0.2, 0) is 0 Å². The van der Waals surface area contributed by atoms with Gasteiger partial charge in [0.25, 0.3) is 0 Å². The van der Waals surface area contributed by atoms with E-state index in [4.69, 9.17) is 10.0 Å². The van der Waals surface area contributed by atoms with Crippen molar-refractivity contribution in [3.8, 4) is 0 Å². The Morgan fingerprint density at radius 3 is 2.36 bits per heavy atom. The van der Waals surface area contributed by atoms with Crippen molar-refractivity contribution in [3.05, 3.63) is 40.9 Å². The summed E-state index contributed by atoms with van der Waals surface area (Å²) in [6, 6.07) is 11.2. The van der Waals surface area contributed by atoms with Crippen LogP contribution in [-0.4, -0.2) is 17.2 Å². The van der Waals surface area contributed by atoms with E-state index in [1.54, 1.807) is 12.1 Å². The van der Waals surface area contributed by atoms with E-state index in [-0.39, 0.29) is 0 Å². The Labute approximate surface area is 90.5 Å². The minimum absolute atomic E-state index is 0.510. The summed E-state index contributed by atoms with van der Waals surface area (Å²) >= 11 is 3.37. The van der Waals surface area contributed by atoms with E-state index in [0.29, 0.717) is 5.46 Å². The molecule has 0 fully saturated rings. The smallest absolute Gasteiger partial charge is 0.423 e. The van der Waals surface area contributed by atoms with Gasteiger partial charge >= 0.3 is 7.12 Å². The Bertz CT molecular complexity index is 471. The highest BCUT2D eigenvalue weighted by Gasteiger charge is 2.10. The Hall–Kier alpha value is -0.835. The van der Waals surface area contributed by atoms with Crippen LogP contribution in [0, 0.1) is 0 Å². The van der Waals surface area contributed by atoms with Gasteiger partial charge in [-0.1, -0.05) is 40.2 Å². The third-order valence-corrected chi connectivity index (χ3v) is 2.62. The number of fused-ring (bicyclic) bond motifs is 1. The summed E-state index contributed by atoms with van der Waals surface area (Å²) in [6.45, 7) is 0. The first-order chi connectivity index (χ1) is 6.66. The highest BCUT2D eigenvalue weighted by atomic mass is 79.9. The molecule has 0 heterocycles. The van der Waals surface area contributed by atoms with Crippen LogP contribution in [0.5, 0.6) is 0 Å². The van der Waals surface area contributed by atoms with E-state index < -0.39 is 7.12 Å². The summed E-state index contributed by atoms with van der Waals surface area (Å²) in [4.78, 5) is 0. The first-order valence-corrected chi connectivity index (χ1v) is 5.01. The molecule has 4 heteroatoms. The molecule has 0 saturated carbocycles. The minimum Gasteiger partial charge on any atom is -0.423 e. The number of halogens is 1. The molecule has 0 aromatic heterocycles. The van der Waals surface area contributed by atoms with Crippen molar-refractivity contribution >= 4 is 39.3 Å². The molecule has 0 bridgehead atoms. The van der Waals surface area contributed by atoms with Crippen LogP contribution in [0.4, 0.5) is 0 Å². The average molecular weight is 251 g/mol. The Kier molecular flexibility index (Phi) is 2.59. The molecular formula is C10H8BBrO2. The van der Waals surface area contributed by atoms with Crippen LogP contribution < -0.4 is 5.46 Å². The van der Waals surface area contributed by atoms with Crippen molar-refractivity contribution in [2.24, 2.45) is 0 Å². The van der Waals surface area contributed by atoms with Gasteiger partial charge in [0.15, 0.2) is 0 Å². The summed E-state index contributed by atoms with van der Waals surface area (Å²) < 4.78 is 0.981. The topological polar surface area (TPSA) is 40.5 Å². The zero-order valence-corrected chi connectivity index (χ0v) is 8.90. The molecule has 2 nitrogen and oxygen atoms in total. The lowest BCUT2D eigenvalue weighted by molar-refractivity contribution is 0.426. The minimum atomic E-state index is -1.40. The van der Waals surface area contributed by atoms with E-state index >= 15 is 0 Å². The van der Waals surface area contributed by atoms with Crippen molar-refractivity contribution in [1.82, 2.24) is 0 Å².